The average molecular weight is 737 g/mol. The Morgan fingerprint density at radius 3 is 1.53 bits per heavy atom. The maximum absolute atomic E-state index is 6.92. The van der Waals surface area contributed by atoms with Crippen molar-refractivity contribution < 1.29 is 4.42 Å². The number of benzene rings is 7. The molecule has 51 heavy (non-hydrogen) atoms. The average Bonchev–Trinajstić information content (AvgIpc) is 3.78. The molecule has 3 aromatic heterocycles. The molecule has 0 N–H and O–H groups in total. The van der Waals surface area contributed by atoms with Crippen LogP contribution >= 0.6 is 27.3 Å². The van der Waals surface area contributed by atoms with Gasteiger partial charge in [-0.15, -0.1) is 11.3 Å². The first-order valence-electron chi connectivity index (χ1n) is 16.7. The lowest BCUT2D eigenvalue weighted by atomic mass is 9.98. The smallest absolute Gasteiger partial charge is 0.164 e. The van der Waals surface area contributed by atoms with E-state index in [-0.39, 0.29) is 0 Å². The third-order valence-electron chi connectivity index (χ3n) is 9.42. The molecule has 10 rings (SSSR count). The Morgan fingerprint density at radius 1 is 0.392 bits per heavy atom. The Labute approximate surface area is 305 Å². The van der Waals surface area contributed by atoms with E-state index >= 15 is 0 Å². The molecule has 0 aliphatic heterocycles. The highest BCUT2D eigenvalue weighted by atomic mass is 79.9. The summed E-state index contributed by atoms with van der Waals surface area (Å²) >= 11 is 5.60. The molecular weight excluding hydrogens is 710 g/mol. The third-order valence-corrected chi connectivity index (χ3v) is 11.6. The number of nitrogens with zero attached hydrogens (tertiary/aromatic N) is 3. The van der Waals surface area contributed by atoms with Gasteiger partial charge in [-0.1, -0.05) is 146 Å². The highest BCUT2D eigenvalue weighted by molar-refractivity contribution is 9.10. The van der Waals surface area contributed by atoms with Crippen LogP contribution in [0.1, 0.15) is 0 Å². The van der Waals surface area contributed by atoms with E-state index in [0.717, 1.165) is 59.8 Å². The molecule has 0 unspecified atom stereocenters. The Morgan fingerprint density at radius 2 is 0.863 bits per heavy atom. The molecule has 0 fully saturated rings. The lowest BCUT2D eigenvalue weighted by Gasteiger charge is -2.10. The number of rotatable bonds is 5. The minimum absolute atomic E-state index is 0.617. The quantitative estimate of drug-likeness (QED) is 0.177. The normalized spacial score (nSPS) is 11.6. The van der Waals surface area contributed by atoms with Crippen molar-refractivity contribution in [2.24, 2.45) is 0 Å². The summed E-state index contributed by atoms with van der Waals surface area (Å²) in [6.07, 6.45) is 0. The number of aromatic nitrogens is 3. The molecule has 10 aromatic rings. The van der Waals surface area contributed by atoms with Crippen LogP contribution in [0.3, 0.4) is 0 Å². The van der Waals surface area contributed by atoms with Crippen molar-refractivity contribution in [3.05, 3.63) is 162 Å². The van der Waals surface area contributed by atoms with Crippen LogP contribution < -0.4 is 0 Å². The van der Waals surface area contributed by atoms with E-state index in [1.807, 2.05) is 72.0 Å². The van der Waals surface area contributed by atoms with Gasteiger partial charge >= 0.3 is 0 Å². The number of para-hydroxylation sites is 2. The fraction of sp³-hybridized carbons (Fsp3) is 0. The first-order chi connectivity index (χ1) is 25.2. The van der Waals surface area contributed by atoms with Gasteiger partial charge in [0.05, 0.1) is 0 Å². The summed E-state index contributed by atoms with van der Waals surface area (Å²) in [6.45, 7) is 0. The summed E-state index contributed by atoms with van der Waals surface area (Å²) in [5, 5.41) is 4.69. The van der Waals surface area contributed by atoms with Crippen LogP contribution in [0.5, 0.6) is 0 Å². The van der Waals surface area contributed by atoms with Gasteiger partial charge in [-0.2, -0.15) is 0 Å². The maximum atomic E-state index is 6.92. The Bertz CT molecular complexity index is 2880. The number of hydrogen-bond acceptors (Lipinski definition) is 5. The molecular formula is C45H26BrN3OS. The molecule has 0 aliphatic carbocycles. The summed E-state index contributed by atoms with van der Waals surface area (Å²) in [5.74, 6) is 1.89. The second-order valence-electron chi connectivity index (χ2n) is 12.5. The second kappa shape index (κ2) is 12.1. The minimum Gasteiger partial charge on any atom is -0.455 e. The van der Waals surface area contributed by atoms with E-state index in [1.165, 1.54) is 25.7 Å². The Hall–Kier alpha value is -5.95. The molecule has 0 radical (unpaired) electrons. The third kappa shape index (κ3) is 5.06. The molecule has 6 heteroatoms. The molecule has 0 bridgehead atoms. The predicted molar refractivity (Wildman–Crippen MR) is 215 cm³/mol. The van der Waals surface area contributed by atoms with Crippen molar-refractivity contribution in [1.29, 1.82) is 0 Å². The summed E-state index contributed by atoms with van der Waals surface area (Å²) in [4.78, 5) is 14.8. The summed E-state index contributed by atoms with van der Waals surface area (Å²) in [6, 6.07) is 54.4. The largest absolute Gasteiger partial charge is 0.455 e. The molecule has 240 valence electrons. The number of furan rings is 1. The molecule has 0 atom stereocenters. The molecule has 0 spiro atoms. The van der Waals surface area contributed by atoms with Crippen molar-refractivity contribution >= 4 is 69.4 Å². The van der Waals surface area contributed by atoms with Crippen LogP contribution in [-0.4, -0.2) is 15.0 Å². The van der Waals surface area contributed by atoms with Crippen LogP contribution in [0.4, 0.5) is 0 Å². The zero-order chi connectivity index (χ0) is 33.9. The fourth-order valence-corrected chi connectivity index (χ4v) is 8.86. The highest BCUT2D eigenvalue weighted by Gasteiger charge is 2.19. The Kier molecular flexibility index (Phi) is 7.11. The predicted octanol–water partition coefficient (Wildman–Crippen LogP) is 13.2. The van der Waals surface area contributed by atoms with Crippen LogP contribution in [-0.2, 0) is 0 Å². The van der Waals surface area contributed by atoms with Crippen LogP contribution in [0.15, 0.2) is 167 Å². The van der Waals surface area contributed by atoms with Crippen molar-refractivity contribution in [1.82, 2.24) is 15.0 Å². The molecule has 7 aromatic carbocycles. The van der Waals surface area contributed by atoms with Crippen molar-refractivity contribution in [2.75, 3.05) is 0 Å². The van der Waals surface area contributed by atoms with E-state index in [2.05, 4.69) is 113 Å². The van der Waals surface area contributed by atoms with Gasteiger partial charge in [0, 0.05) is 68.8 Å². The van der Waals surface area contributed by atoms with E-state index in [1.54, 1.807) is 0 Å². The summed E-state index contributed by atoms with van der Waals surface area (Å²) in [5.41, 5.74) is 8.83. The second-order valence-corrected chi connectivity index (χ2v) is 14.4. The fourth-order valence-electron chi connectivity index (χ4n) is 7.02. The minimum atomic E-state index is 0.617. The first kappa shape index (κ1) is 29.9. The standard InChI is InChI=1S/C45H26BrN3OS/c46-38-25-11-24-37-36-23-10-22-35(41(36)51-42(37)38)34-21-9-20-33-32-19-8-18-31(39(32)50-40(33)34)29-16-7-17-30(26-29)45-48-43(27-12-3-1-4-13-27)47-44(49-45)28-14-5-2-6-15-28/h1-26H. The topological polar surface area (TPSA) is 51.8 Å². The van der Waals surface area contributed by atoms with Gasteiger partial charge in [0.2, 0.25) is 0 Å². The van der Waals surface area contributed by atoms with Gasteiger partial charge in [-0.3, -0.25) is 0 Å². The number of halogens is 1. The molecule has 3 heterocycles. The highest BCUT2D eigenvalue weighted by Crippen LogP contribution is 2.46. The van der Waals surface area contributed by atoms with Gasteiger partial charge in [0.25, 0.3) is 0 Å². The lowest BCUT2D eigenvalue weighted by molar-refractivity contribution is 0.671. The zero-order valence-electron chi connectivity index (χ0n) is 27.0. The van der Waals surface area contributed by atoms with E-state index in [0.29, 0.717) is 17.5 Å². The molecule has 0 aliphatic rings. The summed E-state index contributed by atoms with van der Waals surface area (Å²) in [7, 11) is 0. The van der Waals surface area contributed by atoms with Gasteiger partial charge in [-0.25, -0.2) is 15.0 Å². The number of thiophene rings is 1. The van der Waals surface area contributed by atoms with E-state index in [9.17, 15) is 0 Å². The molecule has 0 saturated carbocycles. The van der Waals surface area contributed by atoms with Gasteiger partial charge in [0.1, 0.15) is 11.2 Å². The van der Waals surface area contributed by atoms with E-state index < -0.39 is 0 Å². The van der Waals surface area contributed by atoms with Crippen LogP contribution in [0, 0.1) is 0 Å². The lowest BCUT2D eigenvalue weighted by Crippen LogP contribution is -2.00. The molecule has 0 saturated heterocycles. The van der Waals surface area contributed by atoms with Crippen LogP contribution in [0.2, 0.25) is 0 Å². The van der Waals surface area contributed by atoms with Crippen molar-refractivity contribution in [2.45, 2.75) is 0 Å². The van der Waals surface area contributed by atoms with Gasteiger partial charge in [-0.05, 0) is 33.6 Å². The van der Waals surface area contributed by atoms with Gasteiger partial charge in [0.15, 0.2) is 17.5 Å². The Balaban J connectivity index is 1.13. The molecule has 0 amide bonds. The summed E-state index contributed by atoms with van der Waals surface area (Å²) < 4.78 is 10.5. The first-order valence-corrected chi connectivity index (χ1v) is 18.3. The van der Waals surface area contributed by atoms with Gasteiger partial charge < -0.3 is 4.42 Å². The monoisotopic (exact) mass is 735 g/mol. The number of fused-ring (bicyclic) bond motifs is 6. The van der Waals surface area contributed by atoms with Crippen molar-refractivity contribution in [3.8, 4) is 56.4 Å². The van der Waals surface area contributed by atoms with Crippen molar-refractivity contribution in [3.63, 3.8) is 0 Å². The van der Waals surface area contributed by atoms with Crippen LogP contribution in [0.25, 0.3) is 98.5 Å². The van der Waals surface area contributed by atoms with E-state index in [4.69, 9.17) is 19.4 Å². The number of hydrogen-bond donors (Lipinski definition) is 0. The molecule has 4 nitrogen and oxygen atoms in total. The zero-order valence-corrected chi connectivity index (χ0v) is 29.4. The SMILES string of the molecule is Brc1cccc2c1sc1c(-c3cccc4c3oc3c(-c5cccc(-c6nc(-c7ccccc7)nc(-c7ccccc7)n6)c5)cccc34)cccc12. The maximum Gasteiger partial charge on any atom is 0.164 e.